The van der Waals surface area contributed by atoms with Gasteiger partial charge in [-0.25, -0.2) is 5.48 Å². The molecule has 0 spiro atoms. The Labute approximate surface area is 103 Å². The highest BCUT2D eigenvalue weighted by atomic mass is 79.9. The number of carbonyl (C=O) groups excluding carboxylic acids is 1. The number of amides is 1. The van der Waals surface area contributed by atoms with E-state index in [0.29, 0.717) is 17.9 Å². The monoisotopic (exact) mass is 287 g/mol. The summed E-state index contributed by atoms with van der Waals surface area (Å²) in [5, 5.41) is 0.849. The van der Waals surface area contributed by atoms with E-state index >= 15 is 0 Å². The molecule has 0 bridgehead atoms. The third-order valence-electron chi connectivity index (χ3n) is 1.88. The van der Waals surface area contributed by atoms with Gasteiger partial charge in [-0.1, -0.05) is 22.0 Å². The molecule has 88 valence electrons. The maximum absolute atomic E-state index is 11.6. The summed E-state index contributed by atoms with van der Waals surface area (Å²) < 4.78 is 5.02. The Morgan fingerprint density at radius 1 is 1.50 bits per heavy atom. The number of alkyl halides is 1. The average Bonchev–Trinajstić information content (AvgIpc) is 2.34. The van der Waals surface area contributed by atoms with Gasteiger partial charge in [0.1, 0.15) is 5.75 Å². The van der Waals surface area contributed by atoms with E-state index < -0.39 is 0 Å². The Morgan fingerprint density at radius 2 is 2.31 bits per heavy atom. The lowest BCUT2D eigenvalue weighted by Crippen LogP contribution is -2.24. The second-order valence-electron chi connectivity index (χ2n) is 3.05. The molecule has 0 fully saturated rings. The van der Waals surface area contributed by atoms with Crippen molar-refractivity contribution in [2.75, 3.05) is 19.0 Å². The Bertz CT molecular complexity index is 344. The van der Waals surface area contributed by atoms with Crippen LogP contribution in [0.5, 0.6) is 5.75 Å². The highest BCUT2D eigenvalue weighted by Gasteiger charge is 2.05. The number of methoxy groups -OCH3 is 1. The van der Waals surface area contributed by atoms with Crippen molar-refractivity contribution in [2.45, 2.75) is 6.42 Å². The molecule has 0 radical (unpaired) electrons. The number of hydrogen-bond acceptors (Lipinski definition) is 3. The van der Waals surface area contributed by atoms with E-state index in [1.807, 2.05) is 0 Å². The van der Waals surface area contributed by atoms with Crippen molar-refractivity contribution in [3.8, 4) is 5.75 Å². The first-order valence-electron chi connectivity index (χ1n) is 4.90. The van der Waals surface area contributed by atoms with Crippen LogP contribution in [-0.4, -0.2) is 25.0 Å². The molecule has 0 aliphatic heterocycles. The Kier molecular flexibility index (Phi) is 5.88. The van der Waals surface area contributed by atoms with Crippen molar-refractivity contribution in [3.63, 3.8) is 0 Å². The normalized spacial score (nSPS) is 9.88. The fourth-order valence-corrected chi connectivity index (χ4v) is 1.30. The zero-order valence-corrected chi connectivity index (χ0v) is 10.6. The standard InChI is InChI=1S/C11H14BrNO3/c1-15-10-5-2-4-9(8-10)11(14)13-16-7-3-6-12/h2,4-5,8H,3,6-7H2,1H3,(H,13,14). The minimum absolute atomic E-state index is 0.270. The summed E-state index contributed by atoms with van der Waals surface area (Å²) in [5.74, 6) is 0.376. The van der Waals surface area contributed by atoms with Crippen molar-refractivity contribution in [1.29, 1.82) is 0 Å². The summed E-state index contributed by atoms with van der Waals surface area (Å²) >= 11 is 3.27. The summed E-state index contributed by atoms with van der Waals surface area (Å²) in [4.78, 5) is 16.6. The Balaban J connectivity index is 2.46. The van der Waals surface area contributed by atoms with Gasteiger partial charge >= 0.3 is 0 Å². The molecule has 4 nitrogen and oxygen atoms in total. The molecule has 1 N–H and O–H groups in total. The molecule has 0 heterocycles. The number of ether oxygens (including phenoxy) is 1. The highest BCUT2D eigenvalue weighted by Crippen LogP contribution is 2.12. The van der Waals surface area contributed by atoms with Gasteiger partial charge < -0.3 is 4.74 Å². The van der Waals surface area contributed by atoms with Gasteiger partial charge in [0.2, 0.25) is 0 Å². The predicted octanol–water partition coefficient (Wildman–Crippen LogP) is 2.14. The van der Waals surface area contributed by atoms with Gasteiger partial charge in [-0.3, -0.25) is 9.63 Å². The average molecular weight is 288 g/mol. The fraction of sp³-hybridized carbons (Fsp3) is 0.364. The van der Waals surface area contributed by atoms with Crippen LogP contribution < -0.4 is 10.2 Å². The van der Waals surface area contributed by atoms with Crippen LogP contribution in [0.25, 0.3) is 0 Å². The maximum Gasteiger partial charge on any atom is 0.274 e. The van der Waals surface area contributed by atoms with E-state index in [9.17, 15) is 4.79 Å². The van der Waals surface area contributed by atoms with E-state index in [4.69, 9.17) is 9.57 Å². The van der Waals surface area contributed by atoms with E-state index in [-0.39, 0.29) is 5.91 Å². The van der Waals surface area contributed by atoms with Crippen LogP contribution in [0.4, 0.5) is 0 Å². The van der Waals surface area contributed by atoms with Crippen molar-refractivity contribution in [1.82, 2.24) is 5.48 Å². The van der Waals surface area contributed by atoms with Crippen LogP contribution in [0.1, 0.15) is 16.8 Å². The molecule has 1 rings (SSSR count). The molecule has 0 aliphatic rings. The van der Waals surface area contributed by atoms with Crippen LogP contribution in [-0.2, 0) is 4.84 Å². The number of benzene rings is 1. The van der Waals surface area contributed by atoms with Crippen LogP contribution in [0.2, 0.25) is 0 Å². The topological polar surface area (TPSA) is 47.6 Å². The van der Waals surface area contributed by atoms with Gasteiger partial charge in [0, 0.05) is 10.9 Å². The summed E-state index contributed by atoms with van der Waals surface area (Å²) in [6.07, 6.45) is 0.846. The van der Waals surface area contributed by atoms with Gasteiger partial charge in [0.25, 0.3) is 5.91 Å². The number of hydroxylamine groups is 1. The summed E-state index contributed by atoms with van der Waals surface area (Å²) in [5.41, 5.74) is 2.88. The molecule has 16 heavy (non-hydrogen) atoms. The second kappa shape index (κ2) is 7.24. The van der Waals surface area contributed by atoms with Gasteiger partial charge in [-0.2, -0.15) is 0 Å². The number of carbonyl (C=O) groups is 1. The zero-order chi connectivity index (χ0) is 11.8. The molecular weight excluding hydrogens is 274 g/mol. The van der Waals surface area contributed by atoms with Gasteiger partial charge in [0.05, 0.1) is 13.7 Å². The van der Waals surface area contributed by atoms with E-state index in [1.54, 1.807) is 31.4 Å². The fourth-order valence-electron chi connectivity index (χ4n) is 1.07. The van der Waals surface area contributed by atoms with Crippen molar-refractivity contribution in [3.05, 3.63) is 29.8 Å². The smallest absolute Gasteiger partial charge is 0.274 e. The molecular formula is C11H14BrNO3. The molecule has 0 unspecified atom stereocenters. The first-order chi connectivity index (χ1) is 7.77. The minimum atomic E-state index is -0.270. The lowest BCUT2D eigenvalue weighted by Gasteiger charge is -2.06. The SMILES string of the molecule is COc1cccc(C(=O)NOCCCBr)c1. The predicted molar refractivity (Wildman–Crippen MR) is 64.8 cm³/mol. The van der Waals surface area contributed by atoms with Crippen molar-refractivity contribution in [2.24, 2.45) is 0 Å². The second-order valence-corrected chi connectivity index (χ2v) is 3.85. The molecule has 0 saturated heterocycles. The number of rotatable bonds is 6. The van der Waals surface area contributed by atoms with E-state index in [2.05, 4.69) is 21.4 Å². The summed E-state index contributed by atoms with van der Waals surface area (Å²) in [6.45, 7) is 0.487. The first kappa shape index (κ1) is 13.0. The van der Waals surface area contributed by atoms with Crippen LogP contribution in [0, 0.1) is 0 Å². The number of nitrogens with one attached hydrogen (secondary N) is 1. The van der Waals surface area contributed by atoms with E-state index in [0.717, 1.165) is 11.8 Å². The highest BCUT2D eigenvalue weighted by molar-refractivity contribution is 9.09. The quantitative estimate of drug-likeness (QED) is 0.495. The van der Waals surface area contributed by atoms with Gasteiger partial charge in [0.15, 0.2) is 0 Å². The molecule has 1 amide bonds. The molecule has 0 aromatic heterocycles. The Hall–Kier alpha value is -1.07. The molecule has 1 aromatic rings. The summed E-state index contributed by atoms with van der Waals surface area (Å²) in [6, 6.07) is 6.89. The lowest BCUT2D eigenvalue weighted by molar-refractivity contribution is 0.0318. The molecule has 0 atom stereocenters. The largest absolute Gasteiger partial charge is 0.497 e. The number of halogens is 1. The van der Waals surface area contributed by atoms with Crippen molar-refractivity contribution < 1.29 is 14.4 Å². The number of hydrogen-bond donors (Lipinski definition) is 1. The third-order valence-corrected chi connectivity index (χ3v) is 2.44. The molecule has 0 aliphatic carbocycles. The lowest BCUT2D eigenvalue weighted by atomic mass is 10.2. The van der Waals surface area contributed by atoms with Gasteiger partial charge in [-0.05, 0) is 24.6 Å². The maximum atomic E-state index is 11.6. The molecule has 1 aromatic carbocycles. The van der Waals surface area contributed by atoms with E-state index in [1.165, 1.54) is 0 Å². The van der Waals surface area contributed by atoms with Gasteiger partial charge in [-0.15, -0.1) is 0 Å². The van der Waals surface area contributed by atoms with Crippen LogP contribution in [0.3, 0.4) is 0 Å². The third kappa shape index (κ3) is 4.20. The summed E-state index contributed by atoms with van der Waals surface area (Å²) in [7, 11) is 1.56. The van der Waals surface area contributed by atoms with Crippen molar-refractivity contribution >= 4 is 21.8 Å². The molecule has 5 heteroatoms. The minimum Gasteiger partial charge on any atom is -0.497 e. The van der Waals surface area contributed by atoms with Crippen LogP contribution in [0.15, 0.2) is 24.3 Å². The van der Waals surface area contributed by atoms with Crippen LogP contribution >= 0.6 is 15.9 Å². The Morgan fingerprint density at radius 3 is 3.00 bits per heavy atom. The first-order valence-corrected chi connectivity index (χ1v) is 6.02. The zero-order valence-electron chi connectivity index (χ0n) is 9.03. The molecule has 0 saturated carbocycles.